The number of fused-ring (bicyclic) bond motifs is 2. The van der Waals surface area contributed by atoms with Crippen LogP contribution in [0.5, 0.6) is 0 Å². The number of likely N-dealkylation sites (tertiary alicyclic amines) is 1. The molecule has 5 nitrogen and oxygen atoms in total. The van der Waals surface area contributed by atoms with Gasteiger partial charge in [-0.1, -0.05) is 11.6 Å². The summed E-state index contributed by atoms with van der Waals surface area (Å²) in [5.74, 6) is 3.91. The molecule has 0 amide bonds. The summed E-state index contributed by atoms with van der Waals surface area (Å²) in [6.45, 7) is 7.34. The molecule has 3 heterocycles. The molecule has 2 aliphatic heterocycles. The summed E-state index contributed by atoms with van der Waals surface area (Å²) >= 11 is 6.26. The quantitative estimate of drug-likeness (QED) is 0.552. The van der Waals surface area contributed by atoms with Crippen molar-refractivity contribution in [2.75, 3.05) is 38.6 Å². The average Bonchev–Trinajstić information content (AvgIpc) is 3.03. The van der Waals surface area contributed by atoms with Gasteiger partial charge in [-0.05, 0) is 62.0 Å². The largest absolute Gasteiger partial charge is 0.461 e. The van der Waals surface area contributed by atoms with Gasteiger partial charge in [0, 0.05) is 44.7 Å². The minimum absolute atomic E-state index is 0.107. The van der Waals surface area contributed by atoms with E-state index in [0.717, 1.165) is 48.5 Å². The molecule has 3 aliphatic rings. The molecule has 3 fully saturated rings. The van der Waals surface area contributed by atoms with Gasteiger partial charge >= 0.3 is 0 Å². The Bertz CT molecular complexity index is 922. The Morgan fingerprint density at radius 3 is 2.69 bits per heavy atom. The van der Waals surface area contributed by atoms with Crippen molar-refractivity contribution in [3.63, 3.8) is 0 Å². The molecule has 2 unspecified atom stereocenters. The van der Waals surface area contributed by atoms with E-state index in [-0.39, 0.29) is 5.78 Å². The van der Waals surface area contributed by atoms with E-state index in [4.69, 9.17) is 26.5 Å². The topological polar surface area (TPSA) is 68.7 Å². The molecule has 0 bridgehead atoms. The van der Waals surface area contributed by atoms with Crippen LogP contribution in [0.4, 0.5) is 5.69 Å². The second-order valence-electron chi connectivity index (χ2n) is 9.15. The number of benzene rings is 1. The zero-order valence-electron chi connectivity index (χ0n) is 17.0. The number of rotatable bonds is 6. The predicted octanol–water partition coefficient (Wildman–Crippen LogP) is 4.54. The van der Waals surface area contributed by atoms with Crippen molar-refractivity contribution in [1.29, 1.82) is 0 Å². The normalized spacial score (nSPS) is 27.4. The fraction of sp³-hybridized carbons (Fsp3) is 0.609. The number of carbonyl (C=O) groups excluding carboxylic acids is 1. The number of carbonyl (C=O) groups is 1. The number of ketones is 1. The first-order valence-electron chi connectivity index (χ1n) is 10.8. The minimum atomic E-state index is 0.107. The maximum atomic E-state index is 12.9. The molecule has 2 N–H and O–H groups in total. The summed E-state index contributed by atoms with van der Waals surface area (Å²) < 4.78 is 11.2. The standard InChI is InChI=1S/C23H29ClN2O3/c1-13-8-17-22(25)20(24)9-16(23(17)29-13)21(27)3-2-15-18-11-26(12-19(15)18)10-14-4-6-28-7-5-14/h8-9,14-15,18-19H,2-7,10-12,25H2,1H3. The lowest BCUT2D eigenvalue weighted by Gasteiger charge is -2.28. The molecule has 2 atom stereocenters. The van der Waals surface area contributed by atoms with Crippen LogP contribution in [0.15, 0.2) is 16.5 Å². The summed E-state index contributed by atoms with van der Waals surface area (Å²) in [6.07, 6.45) is 3.92. The monoisotopic (exact) mass is 416 g/mol. The Balaban J connectivity index is 1.16. The first-order valence-corrected chi connectivity index (χ1v) is 11.2. The van der Waals surface area contributed by atoms with Crippen molar-refractivity contribution in [3.8, 4) is 0 Å². The van der Waals surface area contributed by atoms with Crippen LogP contribution < -0.4 is 5.73 Å². The number of nitrogen functional groups attached to an aromatic ring is 1. The van der Waals surface area contributed by atoms with Crippen molar-refractivity contribution in [2.24, 2.45) is 23.7 Å². The van der Waals surface area contributed by atoms with Gasteiger partial charge in [-0.2, -0.15) is 0 Å². The molecule has 6 heteroatoms. The van der Waals surface area contributed by atoms with Crippen molar-refractivity contribution in [2.45, 2.75) is 32.6 Å². The van der Waals surface area contributed by atoms with Crippen LogP contribution in [-0.2, 0) is 4.74 Å². The number of hydrogen-bond acceptors (Lipinski definition) is 5. The van der Waals surface area contributed by atoms with Gasteiger partial charge < -0.3 is 19.8 Å². The van der Waals surface area contributed by atoms with Gasteiger partial charge in [0.2, 0.25) is 0 Å². The molecule has 1 saturated carbocycles. The van der Waals surface area contributed by atoms with Crippen LogP contribution in [0.3, 0.4) is 0 Å². The SMILES string of the molecule is Cc1cc2c(N)c(Cl)cc(C(=O)CCC3C4CN(CC5CCOCC5)CC34)c2o1. The number of nitrogens with zero attached hydrogens (tertiary/aromatic N) is 1. The summed E-state index contributed by atoms with van der Waals surface area (Å²) in [5.41, 5.74) is 7.69. The van der Waals surface area contributed by atoms with Crippen LogP contribution >= 0.6 is 11.6 Å². The zero-order valence-corrected chi connectivity index (χ0v) is 17.7. The van der Waals surface area contributed by atoms with E-state index in [9.17, 15) is 4.79 Å². The Morgan fingerprint density at radius 1 is 1.24 bits per heavy atom. The van der Waals surface area contributed by atoms with Gasteiger partial charge in [-0.25, -0.2) is 0 Å². The van der Waals surface area contributed by atoms with Gasteiger partial charge in [0.1, 0.15) is 11.3 Å². The lowest BCUT2D eigenvalue weighted by molar-refractivity contribution is 0.0535. The molecule has 156 valence electrons. The molecule has 5 rings (SSSR count). The van der Waals surface area contributed by atoms with E-state index in [2.05, 4.69) is 4.90 Å². The van der Waals surface area contributed by atoms with Gasteiger partial charge in [-0.15, -0.1) is 0 Å². The maximum absolute atomic E-state index is 12.9. The van der Waals surface area contributed by atoms with Crippen LogP contribution in [-0.4, -0.2) is 43.5 Å². The Kier molecular flexibility index (Phi) is 5.09. The predicted molar refractivity (Wildman–Crippen MR) is 114 cm³/mol. The van der Waals surface area contributed by atoms with E-state index < -0.39 is 0 Å². The first-order chi connectivity index (χ1) is 14.0. The number of aryl methyl sites for hydroxylation is 1. The van der Waals surface area contributed by atoms with Crippen molar-refractivity contribution in [1.82, 2.24) is 4.90 Å². The van der Waals surface area contributed by atoms with E-state index in [1.54, 1.807) is 6.07 Å². The van der Waals surface area contributed by atoms with Crippen LogP contribution in [0.2, 0.25) is 5.02 Å². The van der Waals surface area contributed by atoms with Gasteiger partial charge in [0.25, 0.3) is 0 Å². The molecular weight excluding hydrogens is 388 g/mol. The third kappa shape index (κ3) is 3.69. The number of Topliss-reactive ketones (excluding diaryl/α,β-unsaturated/α-hetero) is 1. The highest BCUT2D eigenvalue weighted by Crippen LogP contribution is 2.54. The highest BCUT2D eigenvalue weighted by atomic mass is 35.5. The lowest BCUT2D eigenvalue weighted by atomic mass is 9.99. The third-order valence-corrected chi connectivity index (χ3v) is 7.54. The summed E-state index contributed by atoms with van der Waals surface area (Å²) in [6, 6.07) is 3.53. The van der Waals surface area contributed by atoms with Gasteiger partial charge in [0.05, 0.1) is 16.3 Å². The molecule has 2 saturated heterocycles. The van der Waals surface area contributed by atoms with Crippen LogP contribution in [0, 0.1) is 30.6 Å². The molecule has 1 aliphatic carbocycles. The highest BCUT2D eigenvalue weighted by Gasteiger charge is 2.54. The molecule has 29 heavy (non-hydrogen) atoms. The molecule has 0 spiro atoms. The first kappa shape index (κ1) is 19.4. The molecular formula is C23H29ClN2O3. The number of piperidine rings is 1. The van der Waals surface area contributed by atoms with E-state index in [1.807, 2.05) is 13.0 Å². The van der Waals surface area contributed by atoms with Crippen molar-refractivity contribution >= 4 is 34.0 Å². The van der Waals surface area contributed by atoms with Crippen molar-refractivity contribution in [3.05, 3.63) is 28.5 Å². The molecule has 0 radical (unpaired) electrons. The fourth-order valence-corrected chi connectivity index (χ4v) is 5.77. The van der Waals surface area contributed by atoms with E-state index >= 15 is 0 Å². The van der Waals surface area contributed by atoms with Gasteiger partial charge in [-0.3, -0.25) is 4.79 Å². The van der Waals surface area contributed by atoms with Crippen LogP contribution in [0.25, 0.3) is 11.0 Å². The summed E-state index contributed by atoms with van der Waals surface area (Å²) in [5, 5.41) is 1.17. The Hall–Kier alpha value is -1.56. The smallest absolute Gasteiger partial charge is 0.166 e. The lowest BCUT2D eigenvalue weighted by Crippen LogP contribution is -2.33. The molecule has 1 aromatic heterocycles. The maximum Gasteiger partial charge on any atom is 0.166 e. The van der Waals surface area contributed by atoms with Crippen LogP contribution in [0.1, 0.15) is 41.8 Å². The molecule has 2 aromatic rings. The fourth-order valence-electron chi connectivity index (χ4n) is 5.56. The van der Waals surface area contributed by atoms with Gasteiger partial charge in [0.15, 0.2) is 5.78 Å². The summed E-state index contributed by atoms with van der Waals surface area (Å²) in [4.78, 5) is 15.6. The number of anilines is 1. The summed E-state index contributed by atoms with van der Waals surface area (Å²) in [7, 11) is 0. The number of ether oxygens (including phenoxy) is 1. The number of halogens is 1. The molecule has 1 aromatic carbocycles. The second kappa shape index (κ2) is 7.60. The minimum Gasteiger partial charge on any atom is -0.461 e. The van der Waals surface area contributed by atoms with Crippen molar-refractivity contribution < 1.29 is 13.9 Å². The zero-order chi connectivity index (χ0) is 20.1. The average molecular weight is 417 g/mol. The number of furan rings is 1. The second-order valence-corrected chi connectivity index (χ2v) is 9.55. The Morgan fingerprint density at radius 2 is 1.97 bits per heavy atom. The Labute approximate surface area is 176 Å². The highest BCUT2D eigenvalue weighted by molar-refractivity contribution is 6.35. The number of nitrogens with two attached hydrogens (primary N) is 1. The van der Waals surface area contributed by atoms with E-state index in [0.29, 0.717) is 34.2 Å². The number of hydrogen-bond donors (Lipinski definition) is 1. The van der Waals surface area contributed by atoms with E-state index in [1.165, 1.54) is 32.5 Å². The third-order valence-electron chi connectivity index (χ3n) is 7.23.